The molecule has 1 atom stereocenters. The van der Waals surface area contributed by atoms with Gasteiger partial charge in [0, 0.05) is 49.4 Å². The molecule has 1 aliphatic heterocycles. The van der Waals surface area contributed by atoms with Gasteiger partial charge in [0.1, 0.15) is 23.5 Å². The van der Waals surface area contributed by atoms with Crippen molar-refractivity contribution in [1.29, 1.82) is 0 Å². The number of aromatic nitrogens is 5. The summed E-state index contributed by atoms with van der Waals surface area (Å²) < 4.78 is 6.01. The van der Waals surface area contributed by atoms with Gasteiger partial charge in [-0.25, -0.2) is 19.9 Å². The third-order valence-corrected chi connectivity index (χ3v) is 5.57. The first-order chi connectivity index (χ1) is 16.3. The summed E-state index contributed by atoms with van der Waals surface area (Å²) in [5.74, 6) is 1.11. The first-order valence-electron chi connectivity index (χ1n) is 10.8. The molecule has 5 rings (SSSR count). The van der Waals surface area contributed by atoms with Gasteiger partial charge in [0.05, 0.1) is 5.69 Å². The fourth-order valence-electron chi connectivity index (χ4n) is 3.99. The van der Waals surface area contributed by atoms with Gasteiger partial charge in [0.15, 0.2) is 0 Å². The molecule has 1 amide bonds. The molecule has 0 radical (unpaired) electrons. The van der Waals surface area contributed by atoms with E-state index in [-0.39, 0.29) is 11.8 Å². The van der Waals surface area contributed by atoms with Crippen molar-refractivity contribution in [2.75, 3.05) is 13.1 Å². The van der Waals surface area contributed by atoms with Crippen LogP contribution in [0, 0.1) is 0 Å². The lowest BCUT2D eigenvalue weighted by Crippen LogP contribution is -2.39. The van der Waals surface area contributed by atoms with Crippen LogP contribution in [0.15, 0.2) is 79.6 Å². The zero-order valence-electron chi connectivity index (χ0n) is 17.9. The summed E-state index contributed by atoms with van der Waals surface area (Å²) in [5, 5.41) is 0. The lowest BCUT2D eigenvalue weighted by molar-refractivity contribution is 0.0699. The van der Waals surface area contributed by atoms with Crippen LogP contribution in [0.25, 0.3) is 11.3 Å². The average Bonchev–Trinajstić information content (AvgIpc) is 2.90. The normalized spacial score (nSPS) is 15.8. The van der Waals surface area contributed by atoms with E-state index in [1.165, 1.54) is 6.33 Å². The fraction of sp³-hybridized carbons (Fsp3) is 0.200. The number of ether oxygens (including phenoxy) is 1. The van der Waals surface area contributed by atoms with Crippen molar-refractivity contribution in [3.05, 3.63) is 91.0 Å². The number of carbonyl (C=O) groups excluding carboxylic acids is 1. The molecule has 0 saturated carbocycles. The number of likely N-dealkylation sites (tertiary alicyclic amines) is 1. The smallest absolute Gasteiger partial charge is 0.272 e. The molecular formula is C25H22N6O2. The van der Waals surface area contributed by atoms with Crippen molar-refractivity contribution in [3.63, 3.8) is 0 Å². The van der Waals surface area contributed by atoms with Crippen LogP contribution in [0.3, 0.4) is 0 Å². The van der Waals surface area contributed by atoms with E-state index in [1.807, 2.05) is 47.4 Å². The van der Waals surface area contributed by atoms with E-state index in [0.717, 1.165) is 24.1 Å². The monoisotopic (exact) mass is 438 g/mol. The molecule has 1 saturated heterocycles. The van der Waals surface area contributed by atoms with Crippen LogP contribution in [0.5, 0.6) is 11.6 Å². The highest BCUT2D eigenvalue weighted by atomic mass is 16.5. The van der Waals surface area contributed by atoms with E-state index in [9.17, 15) is 4.79 Å². The molecule has 8 heteroatoms. The minimum absolute atomic E-state index is 0.0285. The molecular weight excluding hydrogens is 416 g/mol. The topological polar surface area (TPSA) is 94.0 Å². The van der Waals surface area contributed by atoms with Crippen LogP contribution >= 0.6 is 0 Å². The second kappa shape index (κ2) is 9.52. The van der Waals surface area contributed by atoms with Crippen molar-refractivity contribution in [2.45, 2.75) is 18.8 Å². The van der Waals surface area contributed by atoms with E-state index in [2.05, 4.69) is 24.9 Å². The lowest BCUT2D eigenvalue weighted by atomic mass is 9.94. The summed E-state index contributed by atoms with van der Waals surface area (Å²) in [5.41, 5.74) is 2.60. The van der Waals surface area contributed by atoms with Crippen LogP contribution in [0.1, 0.15) is 34.9 Å². The van der Waals surface area contributed by atoms with Gasteiger partial charge >= 0.3 is 0 Å². The highest BCUT2D eigenvalue weighted by Gasteiger charge is 2.29. The Morgan fingerprint density at radius 2 is 1.79 bits per heavy atom. The van der Waals surface area contributed by atoms with Crippen molar-refractivity contribution in [1.82, 2.24) is 29.8 Å². The number of para-hydroxylation sites is 1. The summed E-state index contributed by atoms with van der Waals surface area (Å²) in [6.45, 7) is 1.20. The molecule has 164 valence electrons. The van der Waals surface area contributed by atoms with Gasteiger partial charge in [-0.15, -0.1) is 0 Å². The van der Waals surface area contributed by atoms with Crippen LogP contribution in [0.4, 0.5) is 0 Å². The second-order valence-corrected chi connectivity index (χ2v) is 7.79. The Hall–Kier alpha value is -4.20. The first kappa shape index (κ1) is 20.7. The molecule has 0 aliphatic carbocycles. The minimum atomic E-state index is -0.104. The summed E-state index contributed by atoms with van der Waals surface area (Å²) in [6, 6.07) is 14.9. The molecule has 0 spiro atoms. The Kier molecular flexibility index (Phi) is 5.97. The molecule has 33 heavy (non-hydrogen) atoms. The molecule has 0 bridgehead atoms. The molecule has 3 aromatic heterocycles. The first-order valence-corrected chi connectivity index (χ1v) is 10.8. The molecule has 0 N–H and O–H groups in total. The van der Waals surface area contributed by atoms with E-state index in [1.54, 1.807) is 30.9 Å². The molecule has 0 unspecified atom stereocenters. The van der Waals surface area contributed by atoms with Crippen molar-refractivity contribution >= 4 is 5.91 Å². The van der Waals surface area contributed by atoms with E-state index < -0.39 is 0 Å². The summed E-state index contributed by atoms with van der Waals surface area (Å²) in [7, 11) is 0. The van der Waals surface area contributed by atoms with E-state index >= 15 is 0 Å². The number of carbonyl (C=O) groups is 1. The zero-order valence-corrected chi connectivity index (χ0v) is 17.9. The minimum Gasteiger partial charge on any atom is -0.437 e. The maximum Gasteiger partial charge on any atom is 0.272 e. The van der Waals surface area contributed by atoms with Crippen LogP contribution < -0.4 is 4.74 Å². The van der Waals surface area contributed by atoms with Gasteiger partial charge in [0.2, 0.25) is 5.88 Å². The van der Waals surface area contributed by atoms with Crippen molar-refractivity contribution in [3.8, 4) is 22.9 Å². The number of amides is 1. The fourth-order valence-corrected chi connectivity index (χ4v) is 3.99. The number of hydrogen-bond donors (Lipinski definition) is 0. The number of rotatable bonds is 5. The van der Waals surface area contributed by atoms with E-state index in [4.69, 9.17) is 4.74 Å². The van der Waals surface area contributed by atoms with Gasteiger partial charge in [0.25, 0.3) is 5.91 Å². The third-order valence-electron chi connectivity index (χ3n) is 5.57. The highest BCUT2D eigenvalue weighted by Crippen LogP contribution is 2.33. The Balaban J connectivity index is 1.35. The van der Waals surface area contributed by atoms with E-state index in [0.29, 0.717) is 36.1 Å². The largest absolute Gasteiger partial charge is 0.437 e. The van der Waals surface area contributed by atoms with Gasteiger partial charge in [-0.2, -0.15) is 0 Å². The van der Waals surface area contributed by atoms with Gasteiger partial charge in [-0.1, -0.05) is 24.3 Å². The Bertz CT molecular complexity index is 1240. The zero-order chi connectivity index (χ0) is 22.5. The van der Waals surface area contributed by atoms with Crippen LogP contribution in [-0.4, -0.2) is 48.8 Å². The Morgan fingerprint density at radius 1 is 0.970 bits per heavy atom. The molecule has 1 fully saturated rings. The predicted molar refractivity (Wildman–Crippen MR) is 122 cm³/mol. The molecule has 1 aliphatic rings. The molecule has 1 aromatic carbocycles. The average molecular weight is 438 g/mol. The van der Waals surface area contributed by atoms with Crippen molar-refractivity contribution in [2.24, 2.45) is 0 Å². The molecule has 8 nitrogen and oxygen atoms in total. The summed E-state index contributed by atoms with van der Waals surface area (Å²) >= 11 is 0. The van der Waals surface area contributed by atoms with Crippen LogP contribution in [-0.2, 0) is 0 Å². The number of pyridine rings is 1. The third kappa shape index (κ3) is 4.69. The molecule has 4 heterocycles. The number of nitrogens with zero attached hydrogens (tertiary/aromatic N) is 6. The highest BCUT2D eigenvalue weighted by molar-refractivity contribution is 5.93. The van der Waals surface area contributed by atoms with Crippen LogP contribution in [0.2, 0.25) is 0 Å². The van der Waals surface area contributed by atoms with Crippen molar-refractivity contribution < 1.29 is 9.53 Å². The Labute approximate surface area is 191 Å². The lowest BCUT2D eigenvalue weighted by Gasteiger charge is -2.32. The van der Waals surface area contributed by atoms with Gasteiger partial charge < -0.3 is 9.64 Å². The standard InChI is InChI=1S/C25H22N6O2/c32-25(22-10-4-9-21(30-22)19-14-26-17-27-15-19)31-13-5-6-18(16-31)23-24(29-12-11-28-23)33-20-7-2-1-3-8-20/h1-4,7-12,14-15,17-18H,5-6,13,16H2/t18-/m1/s1. The number of piperidine rings is 1. The maximum absolute atomic E-state index is 13.3. The van der Waals surface area contributed by atoms with Gasteiger partial charge in [-0.3, -0.25) is 9.78 Å². The summed E-state index contributed by atoms with van der Waals surface area (Å²) in [6.07, 6.45) is 9.89. The number of benzene rings is 1. The quantitative estimate of drug-likeness (QED) is 0.462. The van der Waals surface area contributed by atoms with Gasteiger partial charge in [-0.05, 0) is 37.1 Å². The summed E-state index contributed by atoms with van der Waals surface area (Å²) in [4.78, 5) is 36.7. The second-order valence-electron chi connectivity index (χ2n) is 7.79. The number of hydrogen-bond acceptors (Lipinski definition) is 7. The predicted octanol–water partition coefficient (Wildman–Crippen LogP) is 4.14. The SMILES string of the molecule is O=C(c1cccc(-c2cncnc2)n1)N1CCC[C@@H](c2nccnc2Oc2ccccc2)C1. The molecule has 4 aromatic rings. The Morgan fingerprint density at radius 3 is 2.64 bits per heavy atom. The maximum atomic E-state index is 13.3.